The third-order valence-corrected chi connectivity index (χ3v) is 6.65. The van der Waals surface area contributed by atoms with Gasteiger partial charge in [-0.05, 0) is 40.5 Å². The van der Waals surface area contributed by atoms with Crippen LogP contribution in [0.15, 0.2) is 12.7 Å². The van der Waals surface area contributed by atoms with E-state index in [0.29, 0.717) is 35.6 Å². The number of carbonyl (C=O) groups is 1. The van der Waals surface area contributed by atoms with Gasteiger partial charge in [-0.15, -0.1) is 0 Å². The van der Waals surface area contributed by atoms with Gasteiger partial charge in [-0.2, -0.15) is 0 Å². The fraction of sp³-hybridized carbons (Fsp3) is 0.714. The number of imidazole rings is 1. The molecule has 3 aliphatic rings. The van der Waals surface area contributed by atoms with Gasteiger partial charge in [0.05, 0.1) is 6.33 Å². The highest BCUT2D eigenvalue weighted by Crippen LogP contribution is 2.44. The van der Waals surface area contributed by atoms with Crippen molar-refractivity contribution in [3.8, 4) is 0 Å². The number of fused-ring (bicyclic) bond motifs is 2. The lowest BCUT2D eigenvalue weighted by Gasteiger charge is -2.44. The van der Waals surface area contributed by atoms with E-state index in [1.807, 2.05) is 18.4 Å². The van der Waals surface area contributed by atoms with Crippen molar-refractivity contribution in [3.63, 3.8) is 0 Å². The number of ether oxygens (including phenoxy) is 3. The number of carbonyl (C=O) groups excluding carboxylic acids is 1. The number of hydrogen-bond acceptors (Lipinski definition) is 9. The fourth-order valence-electron chi connectivity index (χ4n) is 5.09. The quantitative estimate of drug-likeness (QED) is 0.680. The van der Waals surface area contributed by atoms with Crippen LogP contribution in [0.2, 0.25) is 0 Å². The van der Waals surface area contributed by atoms with Gasteiger partial charge in [0, 0.05) is 24.5 Å². The van der Waals surface area contributed by atoms with Crippen LogP contribution in [0.3, 0.4) is 0 Å². The van der Waals surface area contributed by atoms with Crippen molar-refractivity contribution in [2.24, 2.45) is 5.92 Å². The number of nitrogen functional groups attached to an aromatic ring is 1. The summed E-state index contributed by atoms with van der Waals surface area (Å²) in [6.45, 7) is 8.90. The molecule has 10 heteroatoms. The Bertz CT molecular complexity index is 972. The molecule has 0 bridgehead atoms. The zero-order valence-corrected chi connectivity index (χ0v) is 18.3. The Morgan fingerprint density at radius 3 is 2.71 bits per heavy atom. The Balaban J connectivity index is 1.42. The van der Waals surface area contributed by atoms with Crippen LogP contribution < -0.4 is 5.73 Å². The molecule has 0 aromatic carbocycles. The Morgan fingerprint density at radius 1 is 1.26 bits per heavy atom. The summed E-state index contributed by atoms with van der Waals surface area (Å²) in [4.78, 5) is 26.3. The minimum absolute atomic E-state index is 0.170. The molecule has 1 aliphatic carbocycles. The molecule has 2 saturated heterocycles. The maximum atomic E-state index is 11.1. The largest absolute Gasteiger partial charge is 0.382 e. The second-order valence-corrected chi connectivity index (χ2v) is 9.52. The van der Waals surface area contributed by atoms with E-state index in [9.17, 15) is 4.79 Å². The highest BCUT2D eigenvalue weighted by molar-refractivity contribution is 5.81. The maximum absolute atomic E-state index is 11.1. The van der Waals surface area contributed by atoms with Gasteiger partial charge in [-0.25, -0.2) is 15.0 Å². The summed E-state index contributed by atoms with van der Waals surface area (Å²) in [6, 6.07) is 0.712. The van der Waals surface area contributed by atoms with Crippen molar-refractivity contribution in [1.82, 2.24) is 24.4 Å². The van der Waals surface area contributed by atoms with Crippen LogP contribution in [0.5, 0.6) is 0 Å². The molecule has 0 radical (unpaired) electrons. The van der Waals surface area contributed by atoms with Gasteiger partial charge in [-0.1, -0.05) is 0 Å². The lowest BCUT2D eigenvalue weighted by Crippen LogP contribution is -2.52. The van der Waals surface area contributed by atoms with Gasteiger partial charge in [0.25, 0.3) is 0 Å². The van der Waals surface area contributed by atoms with Crippen molar-refractivity contribution >= 4 is 23.3 Å². The molecular weight excluding hydrogens is 400 g/mol. The second kappa shape index (κ2) is 7.47. The molecule has 2 aromatic heterocycles. The molecule has 2 aliphatic heterocycles. The molecule has 2 aromatic rings. The van der Waals surface area contributed by atoms with Crippen LogP contribution in [0.25, 0.3) is 11.2 Å². The summed E-state index contributed by atoms with van der Waals surface area (Å²) >= 11 is 0. The molecule has 5 rings (SSSR count). The van der Waals surface area contributed by atoms with E-state index in [-0.39, 0.29) is 24.2 Å². The Hall–Kier alpha value is -2.14. The van der Waals surface area contributed by atoms with E-state index in [4.69, 9.17) is 19.9 Å². The highest BCUT2D eigenvalue weighted by atomic mass is 16.8. The highest BCUT2D eigenvalue weighted by Gasteiger charge is 2.56. The Labute approximate surface area is 181 Å². The van der Waals surface area contributed by atoms with Crippen molar-refractivity contribution in [2.75, 3.05) is 12.3 Å². The van der Waals surface area contributed by atoms with E-state index in [1.165, 1.54) is 6.33 Å². The van der Waals surface area contributed by atoms with E-state index in [1.54, 1.807) is 6.33 Å². The summed E-state index contributed by atoms with van der Waals surface area (Å²) in [7, 11) is 0. The predicted molar refractivity (Wildman–Crippen MR) is 112 cm³/mol. The molecule has 4 atom stereocenters. The molecular formula is C21H30N6O4. The van der Waals surface area contributed by atoms with Crippen LogP contribution in [-0.2, 0) is 19.0 Å². The molecule has 1 saturated carbocycles. The monoisotopic (exact) mass is 430 g/mol. The first-order valence-corrected chi connectivity index (χ1v) is 10.9. The molecule has 0 unspecified atom stereocenters. The minimum Gasteiger partial charge on any atom is -0.382 e. The van der Waals surface area contributed by atoms with Gasteiger partial charge in [-0.3, -0.25) is 9.47 Å². The smallest absolute Gasteiger partial charge is 0.167 e. The van der Waals surface area contributed by atoms with Crippen LogP contribution in [0, 0.1) is 5.92 Å². The predicted octanol–water partition coefficient (Wildman–Crippen LogP) is 1.51. The minimum atomic E-state index is -0.707. The number of aldehydes is 1. The topological polar surface area (TPSA) is 118 Å². The number of rotatable bonds is 6. The summed E-state index contributed by atoms with van der Waals surface area (Å²) in [6.07, 6.45) is 4.83. The average Bonchev–Trinajstić information content (AvgIpc) is 3.32. The number of nitrogens with two attached hydrogens (primary N) is 1. The van der Waals surface area contributed by atoms with E-state index in [2.05, 4.69) is 33.7 Å². The summed E-state index contributed by atoms with van der Waals surface area (Å²) < 4.78 is 20.9. The van der Waals surface area contributed by atoms with Crippen LogP contribution in [-0.4, -0.2) is 73.4 Å². The van der Waals surface area contributed by atoms with Crippen molar-refractivity contribution in [1.29, 1.82) is 0 Å². The molecule has 0 amide bonds. The number of anilines is 1. The normalized spacial score (nSPS) is 34.4. The van der Waals surface area contributed by atoms with Crippen molar-refractivity contribution in [2.45, 2.75) is 82.9 Å². The van der Waals surface area contributed by atoms with E-state index >= 15 is 0 Å². The summed E-state index contributed by atoms with van der Waals surface area (Å²) in [5.41, 5.74) is 7.12. The first-order chi connectivity index (χ1) is 14.8. The van der Waals surface area contributed by atoms with Crippen LogP contribution >= 0.6 is 0 Å². The molecule has 0 spiro atoms. The van der Waals surface area contributed by atoms with Gasteiger partial charge < -0.3 is 24.7 Å². The molecule has 3 fully saturated rings. The maximum Gasteiger partial charge on any atom is 0.167 e. The number of nitrogens with zero attached hydrogens (tertiary/aromatic N) is 5. The Morgan fingerprint density at radius 2 is 2.00 bits per heavy atom. The first-order valence-electron chi connectivity index (χ1n) is 10.9. The zero-order chi connectivity index (χ0) is 21.9. The molecule has 10 nitrogen and oxygen atoms in total. The number of aromatic nitrogens is 4. The fourth-order valence-corrected chi connectivity index (χ4v) is 5.09. The SMILES string of the molecule is CC(C)N(C[C@H]1O[C@@H](n2cnc3c(N)ncnc32)[C@@H]2OC(C)(C)O[C@@H]21)[C@H]1C[C@@H](C=O)C1. The third-order valence-electron chi connectivity index (χ3n) is 6.65. The average molecular weight is 431 g/mol. The van der Waals surface area contributed by atoms with Crippen molar-refractivity contribution in [3.05, 3.63) is 12.7 Å². The standard InChI is InChI=1S/C21H30N6O4/c1-11(2)26(13-5-12(6-13)8-28)7-14-16-17(31-21(3,4)30-16)20(29-14)27-10-25-15-18(22)23-9-24-19(15)27/h8-14,16-17,20H,5-7H2,1-4H3,(H2,22,23,24)/t12-,13+,14-,16-,17-,20-/m1/s1. The zero-order valence-electron chi connectivity index (χ0n) is 18.3. The lowest BCUT2D eigenvalue weighted by atomic mass is 9.79. The van der Waals surface area contributed by atoms with Gasteiger partial charge >= 0.3 is 0 Å². The Kier molecular flexibility index (Phi) is 5.00. The molecule has 31 heavy (non-hydrogen) atoms. The van der Waals surface area contributed by atoms with Crippen LogP contribution in [0.4, 0.5) is 5.82 Å². The van der Waals surface area contributed by atoms with E-state index in [0.717, 1.165) is 19.1 Å². The second-order valence-electron chi connectivity index (χ2n) is 9.52. The third kappa shape index (κ3) is 3.51. The summed E-state index contributed by atoms with van der Waals surface area (Å²) in [5, 5.41) is 0. The lowest BCUT2D eigenvalue weighted by molar-refractivity contribution is -0.199. The van der Waals surface area contributed by atoms with E-state index < -0.39 is 12.0 Å². The van der Waals surface area contributed by atoms with Gasteiger partial charge in [0.15, 0.2) is 23.5 Å². The molecule has 4 heterocycles. The van der Waals surface area contributed by atoms with Gasteiger partial charge in [0.2, 0.25) is 0 Å². The van der Waals surface area contributed by atoms with Crippen molar-refractivity contribution < 1.29 is 19.0 Å². The molecule has 168 valence electrons. The first kappa shape index (κ1) is 20.7. The van der Waals surface area contributed by atoms with Gasteiger partial charge in [0.1, 0.15) is 36.4 Å². The summed E-state index contributed by atoms with van der Waals surface area (Å²) in [5.74, 6) is -0.204. The molecule has 2 N–H and O–H groups in total. The van der Waals surface area contributed by atoms with Crippen LogP contribution in [0.1, 0.15) is 46.8 Å². The number of hydrogen-bond donors (Lipinski definition) is 1.